The SMILES string of the molecule is Cc1nc2sccn2c1C=CCNC(C)C. The highest BCUT2D eigenvalue weighted by Crippen LogP contribution is 2.17. The second kappa shape index (κ2) is 4.80. The molecule has 0 amide bonds. The lowest BCUT2D eigenvalue weighted by Gasteiger charge is -2.03. The molecule has 0 unspecified atom stereocenters. The number of imidazole rings is 1. The Morgan fingerprint density at radius 3 is 3.12 bits per heavy atom. The molecule has 0 aliphatic carbocycles. The Balaban J connectivity index is 2.13. The van der Waals surface area contributed by atoms with Crippen molar-refractivity contribution >= 4 is 22.4 Å². The summed E-state index contributed by atoms with van der Waals surface area (Å²) >= 11 is 1.67. The molecule has 0 spiro atoms. The fourth-order valence-corrected chi connectivity index (χ4v) is 2.35. The summed E-state index contributed by atoms with van der Waals surface area (Å²) < 4.78 is 2.13. The maximum atomic E-state index is 4.50. The summed E-state index contributed by atoms with van der Waals surface area (Å²) in [5.41, 5.74) is 2.27. The topological polar surface area (TPSA) is 29.3 Å². The third-order valence-electron chi connectivity index (χ3n) is 2.40. The quantitative estimate of drug-likeness (QED) is 0.883. The van der Waals surface area contributed by atoms with E-state index in [-0.39, 0.29) is 0 Å². The van der Waals surface area contributed by atoms with E-state index < -0.39 is 0 Å². The summed E-state index contributed by atoms with van der Waals surface area (Å²) in [6, 6.07) is 0.525. The van der Waals surface area contributed by atoms with E-state index in [0.29, 0.717) is 6.04 Å². The lowest BCUT2D eigenvalue weighted by molar-refractivity contribution is 0.633. The van der Waals surface area contributed by atoms with Crippen molar-refractivity contribution in [2.75, 3.05) is 6.54 Å². The Morgan fingerprint density at radius 1 is 1.56 bits per heavy atom. The molecule has 2 heterocycles. The first kappa shape index (κ1) is 11.4. The summed E-state index contributed by atoms with van der Waals surface area (Å²) in [6.45, 7) is 7.24. The number of hydrogen-bond donors (Lipinski definition) is 1. The Kier molecular flexibility index (Phi) is 3.41. The normalized spacial score (nSPS) is 12.2. The molecule has 16 heavy (non-hydrogen) atoms. The lowest BCUT2D eigenvalue weighted by Crippen LogP contribution is -2.22. The molecule has 0 saturated heterocycles. The van der Waals surface area contributed by atoms with Gasteiger partial charge in [0.25, 0.3) is 0 Å². The van der Waals surface area contributed by atoms with Gasteiger partial charge in [-0.3, -0.25) is 4.40 Å². The van der Waals surface area contributed by atoms with Crippen molar-refractivity contribution < 1.29 is 0 Å². The van der Waals surface area contributed by atoms with Crippen molar-refractivity contribution in [2.45, 2.75) is 26.8 Å². The smallest absolute Gasteiger partial charge is 0.194 e. The van der Waals surface area contributed by atoms with Gasteiger partial charge in [-0.1, -0.05) is 19.9 Å². The predicted octanol–water partition coefficient (Wildman–Crippen LogP) is 2.72. The maximum Gasteiger partial charge on any atom is 0.194 e. The number of aromatic nitrogens is 2. The first-order chi connectivity index (χ1) is 7.68. The minimum atomic E-state index is 0.525. The van der Waals surface area contributed by atoms with Gasteiger partial charge in [0.05, 0.1) is 11.4 Å². The standard InChI is InChI=1S/C12H17N3S/c1-9(2)13-6-4-5-11-10(3)14-12-15(11)7-8-16-12/h4-5,7-9,13H,6H2,1-3H3. The molecule has 0 aromatic carbocycles. The van der Waals surface area contributed by atoms with Crippen LogP contribution in [0.3, 0.4) is 0 Å². The predicted molar refractivity (Wildman–Crippen MR) is 70.0 cm³/mol. The molecule has 2 aromatic heterocycles. The van der Waals surface area contributed by atoms with E-state index in [9.17, 15) is 0 Å². The Bertz CT molecular complexity index is 493. The van der Waals surface area contributed by atoms with E-state index in [4.69, 9.17) is 0 Å². The molecular weight excluding hydrogens is 218 g/mol. The third kappa shape index (κ3) is 2.33. The Hall–Kier alpha value is -1.13. The van der Waals surface area contributed by atoms with Crippen LogP contribution in [0.5, 0.6) is 0 Å². The summed E-state index contributed by atoms with van der Waals surface area (Å²) in [4.78, 5) is 5.56. The van der Waals surface area contributed by atoms with Gasteiger partial charge in [-0.2, -0.15) is 0 Å². The van der Waals surface area contributed by atoms with Crippen molar-refractivity contribution in [2.24, 2.45) is 0 Å². The molecule has 2 rings (SSSR count). The highest BCUT2D eigenvalue weighted by atomic mass is 32.1. The van der Waals surface area contributed by atoms with E-state index in [1.54, 1.807) is 11.3 Å². The van der Waals surface area contributed by atoms with Crippen LogP contribution in [0.4, 0.5) is 0 Å². The van der Waals surface area contributed by atoms with E-state index in [0.717, 1.165) is 17.2 Å². The third-order valence-corrected chi connectivity index (χ3v) is 3.16. The molecule has 0 atom stereocenters. The molecule has 1 N–H and O–H groups in total. The lowest BCUT2D eigenvalue weighted by atomic mass is 10.3. The van der Waals surface area contributed by atoms with Crippen LogP contribution < -0.4 is 5.32 Å². The summed E-state index contributed by atoms with van der Waals surface area (Å²) in [5.74, 6) is 0. The second-order valence-corrected chi connectivity index (χ2v) is 4.98. The van der Waals surface area contributed by atoms with Gasteiger partial charge in [-0.25, -0.2) is 4.98 Å². The number of fused-ring (bicyclic) bond motifs is 1. The van der Waals surface area contributed by atoms with Gasteiger partial charge in [-0.15, -0.1) is 11.3 Å². The minimum absolute atomic E-state index is 0.525. The first-order valence-electron chi connectivity index (χ1n) is 5.50. The van der Waals surface area contributed by atoms with Crippen LogP contribution in [0.15, 0.2) is 17.7 Å². The second-order valence-electron chi connectivity index (χ2n) is 4.10. The number of thiazole rings is 1. The van der Waals surface area contributed by atoms with Crippen molar-refractivity contribution in [1.82, 2.24) is 14.7 Å². The van der Waals surface area contributed by atoms with Crippen LogP contribution in [-0.2, 0) is 0 Å². The van der Waals surface area contributed by atoms with E-state index in [2.05, 4.69) is 59.2 Å². The van der Waals surface area contributed by atoms with Crippen LogP contribution in [-0.4, -0.2) is 22.0 Å². The Labute approximate surface area is 99.8 Å². The number of rotatable bonds is 4. The molecule has 0 aliphatic heterocycles. The van der Waals surface area contributed by atoms with Crippen molar-refractivity contribution in [3.63, 3.8) is 0 Å². The van der Waals surface area contributed by atoms with Gasteiger partial charge in [0, 0.05) is 24.2 Å². The largest absolute Gasteiger partial charge is 0.311 e. The molecule has 0 bridgehead atoms. The highest BCUT2D eigenvalue weighted by molar-refractivity contribution is 7.15. The zero-order valence-electron chi connectivity index (χ0n) is 9.90. The summed E-state index contributed by atoms with van der Waals surface area (Å²) in [5, 5.41) is 5.42. The zero-order chi connectivity index (χ0) is 11.5. The molecule has 0 aliphatic rings. The number of aryl methyl sites for hydroxylation is 1. The average molecular weight is 235 g/mol. The fourth-order valence-electron chi connectivity index (χ4n) is 1.59. The molecule has 0 radical (unpaired) electrons. The van der Waals surface area contributed by atoms with E-state index in [1.807, 2.05) is 0 Å². The van der Waals surface area contributed by atoms with E-state index >= 15 is 0 Å². The number of nitrogens with zero attached hydrogens (tertiary/aromatic N) is 2. The summed E-state index contributed by atoms with van der Waals surface area (Å²) in [7, 11) is 0. The van der Waals surface area contributed by atoms with Crippen LogP contribution in [0.1, 0.15) is 25.2 Å². The minimum Gasteiger partial charge on any atom is -0.311 e. The van der Waals surface area contributed by atoms with Gasteiger partial charge in [0.15, 0.2) is 4.96 Å². The first-order valence-corrected chi connectivity index (χ1v) is 6.38. The van der Waals surface area contributed by atoms with E-state index in [1.165, 1.54) is 5.69 Å². The highest BCUT2D eigenvalue weighted by Gasteiger charge is 2.05. The summed E-state index contributed by atoms with van der Waals surface area (Å²) in [6.07, 6.45) is 6.35. The van der Waals surface area contributed by atoms with Crippen LogP contribution in [0.2, 0.25) is 0 Å². The van der Waals surface area contributed by atoms with Crippen molar-refractivity contribution in [3.05, 3.63) is 29.0 Å². The molecule has 2 aromatic rings. The molecule has 0 saturated carbocycles. The number of nitrogens with one attached hydrogen (secondary N) is 1. The molecule has 86 valence electrons. The van der Waals surface area contributed by atoms with Gasteiger partial charge >= 0.3 is 0 Å². The average Bonchev–Trinajstić information content (AvgIpc) is 2.74. The monoisotopic (exact) mass is 235 g/mol. The molecule has 3 nitrogen and oxygen atoms in total. The Morgan fingerprint density at radius 2 is 2.38 bits per heavy atom. The fraction of sp³-hybridized carbons (Fsp3) is 0.417. The van der Waals surface area contributed by atoms with Gasteiger partial charge in [0.1, 0.15) is 0 Å². The van der Waals surface area contributed by atoms with Gasteiger partial charge in [-0.05, 0) is 13.0 Å². The van der Waals surface area contributed by atoms with Gasteiger partial charge in [0.2, 0.25) is 0 Å². The number of hydrogen-bond acceptors (Lipinski definition) is 3. The van der Waals surface area contributed by atoms with Crippen LogP contribution in [0, 0.1) is 6.92 Å². The van der Waals surface area contributed by atoms with Gasteiger partial charge < -0.3 is 5.32 Å². The van der Waals surface area contributed by atoms with Crippen LogP contribution >= 0.6 is 11.3 Å². The van der Waals surface area contributed by atoms with Crippen molar-refractivity contribution in [1.29, 1.82) is 0 Å². The van der Waals surface area contributed by atoms with Crippen LogP contribution in [0.25, 0.3) is 11.0 Å². The molecule has 4 heteroatoms. The van der Waals surface area contributed by atoms with Crippen molar-refractivity contribution in [3.8, 4) is 0 Å². The molecular formula is C12H17N3S. The zero-order valence-corrected chi connectivity index (χ0v) is 10.7. The molecule has 0 fully saturated rings. The maximum absolute atomic E-state index is 4.50.